The summed E-state index contributed by atoms with van der Waals surface area (Å²) < 4.78 is 6.37. The minimum absolute atomic E-state index is 0.245. The molecule has 2 aromatic rings. The SMILES string of the molecule is CNC(Cc1cncs1)c1cc(OC)ccc1Br. The average molecular weight is 327 g/mol. The van der Waals surface area contributed by atoms with Gasteiger partial charge in [-0.05, 0) is 30.8 Å². The molecule has 0 aliphatic rings. The number of methoxy groups -OCH3 is 1. The molecule has 1 N–H and O–H groups in total. The van der Waals surface area contributed by atoms with Gasteiger partial charge < -0.3 is 10.1 Å². The molecule has 0 fully saturated rings. The lowest BCUT2D eigenvalue weighted by molar-refractivity contribution is 0.413. The zero-order valence-electron chi connectivity index (χ0n) is 10.3. The van der Waals surface area contributed by atoms with Crippen LogP contribution in [0, 0.1) is 0 Å². The van der Waals surface area contributed by atoms with E-state index < -0.39 is 0 Å². The lowest BCUT2D eigenvalue weighted by atomic mass is 10.0. The maximum absolute atomic E-state index is 5.28. The Morgan fingerprint density at radius 2 is 2.33 bits per heavy atom. The zero-order valence-corrected chi connectivity index (χ0v) is 12.7. The largest absolute Gasteiger partial charge is 0.497 e. The molecule has 0 spiro atoms. The van der Waals surface area contributed by atoms with Gasteiger partial charge in [-0.15, -0.1) is 11.3 Å². The molecule has 0 bridgehead atoms. The molecule has 1 aromatic heterocycles. The van der Waals surface area contributed by atoms with Gasteiger partial charge in [-0.25, -0.2) is 0 Å². The first-order valence-electron chi connectivity index (χ1n) is 5.62. The van der Waals surface area contributed by atoms with E-state index in [0.717, 1.165) is 16.6 Å². The molecule has 96 valence electrons. The predicted molar refractivity (Wildman–Crippen MR) is 78.3 cm³/mol. The van der Waals surface area contributed by atoms with Crippen LogP contribution in [0.4, 0.5) is 0 Å². The van der Waals surface area contributed by atoms with E-state index in [4.69, 9.17) is 4.74 Å². The van der Waals surface area contributed by atoms with E-state index in [0.29, 0.717) is 0 Å². The quantitative estimate of drug-likeness (QED) is 0.914. The fraction of sp³-hybridized carbons (Fsp3) is 0.308. The van der Waals surface area contributed by atoms with Crippen molar-refractivity contribution < 1.29 is 4.74 Å². The standard InChI is InChI=1S/C13H15BrN2OS/c1-15-13(6-10-7-16-8-18-10)11-5-9(17-2)3-4-12(11)14/h3-5,7-8,13,15H,6H2,1-2H3. The Bertz CT molecular complexity index is 502. The zero-order chi connectivity index (χ0) is 13.0. The van der Waals surface area contributed by atoms with Crippen LogP contribution in [-0.4, -0.2) is 19.1 Å². The average Bonchev–Trinajstić information content (AvgIpc) is 2.90. The number of rotatable bonds is 5. The minimum Gasteiger partial charge on any atom is -0.497 e. The molecule has 5 heteroatoms. The first kappa shape index (κ1) is 13.5. The fourth-order valence-corrected chi connectivity index (χ4v) is 2.99. The monoisotopic (exact) mass is 326 g/mol. The summed E-state index contributed by atoms with van der Waals surface area (Å²) in [5.41, 5.74) is 3.06. The van der Waals surface area contributed by atoms with Gasteiger partial charge in [-0.1, -0.05) is 15.9 Å². The fourth-order valence-electron chi connectivity index (χ4n) is 1.83. The minimum atomic E-state index is 0.245. The number of likely N-dealkylation sites (N-methyl/N-ethyl adjacent to an activating group) is 1. The first-order chi connectivity index (χ1) is 8.74. The summed E-state index contributed by atoms with van der Waals surface area (Å²) in [6.45, 7) is 0. The van der Waals surface area contributed by atoms with Gasteiger partial charge in [0, 0.05) is 28.0 Å². The molecule has 1 heterocycles. The molecule has 1 unspecified atom stereocenters. The van der Waals surface area contributed by atoms with Crippen LogP contribution in [0.3, 0.4) is 0 Å². The Morgan fingerprint density at radius 1 is 1.50 bits per heavy atom. The molecule has 0 aliphatic heterocycles. The third kappa shape index (κ3) is 3.10. The number of hydrogen-bond donors (Lipinski definition) is 1. The topological polar surface area (TPSA) is 34.2 Å². The van der Waals surface area contributed by atoms with Gasteiger partial charge in [0.1, 0.15) is 5.75 Å². The highest BCUT2D eigenvalue weighted by atomic mass is 79.9. The lowest BCUT2D eigenvalue weighted by Gasteiger charge is -2.18. The van der Waals surface area contributed by atoms with Gasteiger partial charge in [0.2, 0.25) is 0 Å². The van der Waals surface area contributed by atoms with Crippen LogP contribution >= 0.6 is 27.3 Å². The molecule has 2 rings (SSSR count). The maximum atomic E-state index is 5.28. The number of thiazole rings is 1. The van der Waals surface area contributed by atoms with Crippen molar-refractivity contribution >= 4 is 27.3 Å². The van der Waals surface area contributed by atoms with Crippen LogP contribution in [0.25, 0.3) is 0 Å². The molecule has 18 heavy (non-hydrogen) atoms. The molecule has 0 radical (unpaired) electrons. The van der Waals surface area contributed by atoms with E-state index >= 15 is 0 Å². The van der Waals surface area contributed by atoms with Crippen molar-refractivity contribution in [3.63, 3.8) is 0 Å². The predicted octanol–water partition coefficient (Wildman–Crippen LogP) is 3.42. The number of aromatic nitrogens is 1. The Kier molecular flexibility index (Phi) is 4.74. The number of benzene rings is 1. The summed E-state index contributed by atoms with van der Waals surface area (Å²) in [6.07, 6.45) is 2.84. The normalized spacial score (nSPS) is 12.4. The second kappa shape index (κ2) is 6.31. The van der Waals surface area contributed by atoms with Crippen molar-refractivity contribution in [1.29, 1.82) is 0 Å². The molecule has 1 aromatic carbocycles. The summed E-state index contributed by atoms with van der Waals surface area (Å²) in [6, 6.07) is 6.28. The second-order valence-corrected chi connectivity index (χ2v) is 5.73. The molecule has 0 saturated heterocycles. The lowest BCUT2D eigenvalue weighted by Crippen LogP contribution is -2.19. The number of hydrogen-bond acceptors (Lipinski definition) is 4. The van der Waals surface area contributed by atoms with Gasteiger partial charge in [-0.3, -0.25) is 4.98 Å². The first-order valence-corrected chi connectivity index (χ1v) is 7.30. The van der Waals surface area contributed by atoms with E-state index in [-0.39, 0.29) is 6.04 Å². The van der Waals surface area contributed by atoms with Crippen molar-refractivity contribution in [2.45, 2.75) is 12.5 Å². The van der Waals surface area contributed by atoms with Gasteiger partial charge in [0.25, 0.3) is 0 Å². The Morgan fingerprint density at radius 3 is 2.94 bits per heavy atom. The third-order valence-corrected chi connectivity index (χ3v) is 4.34. The Hall–Kier alpha value is -0.910. The third-order valence-electron chi connectivity index (χ3n) is 2.82. The molecule has 3 nitrogen and oxygen atoms in total. The maximum Gasteiger partial charge on any atom is 0.119 e. The van der Waals surface area contributed by atoms with Crippen LogP contribution in [0.1, 0.15) is 16.5 Å². The van der Waals surface area contributed by atoms with Gasteiger partial charge >= 0.3 is 0 Å². The van der Waals surface area contributed by atoms with E-state index in [2.05, 4.69) is 32.3 Å². The highest BCUT2D eigenvalue weighted by molar-refractivity contribution is 9.10. The van der Waals surface area contributed by atoms with Gasteiger partial charge in [0.05, 0.1) is 12.6 Å². The van der Waals surface area contributed by atoms with Gasteiger partial charge in [0.15, 0.2) is 0 Å². The molecule has 0 amide bonds. The van der Waals surface area contributed by atoms with Crippen LogP contribution in [0.15, 0.2) is 34.4 Å². The number of nitrogens with zero attached hydrogens (tertiary/aromatic N) is 1. The number of ether oxygens (including phenoxy) is 1. The van der Waals surface area contributed by atoms with Crippen molar-refractivity contribution in [3.8, 4) is 5.75 Å². The molecule has 0 aliphatic carbocycles. The van der Waals surface area contributed by atoms with Crippen molar-refractivity contribution in [2.75, 3.05) is 14.2 Å². The van der Waals surface area contributed by atoms with E-state index in [1.165, 1.54) is 10.4 Å². The Balaban J connectivity index is 2.26. The van der Waals surface area contributed by atoms with E-state index in [9.17, 15) is 0 Å². The summed E-state index contributed by atoms with van der Waals surface area (Å²) in [4.78, 5) is 5.38. The molecular formula is C13H15BrN2OS. The van der Waals surface area contributed by atoms with Crippen molar-refractivity contribution in [3.05, 3.63) is 44.8 Å². The summed E-state index contributed by atoms with van der Waals surface area (Å²) in [5.74, 6) is 0.873. The van der Waals surface area contributed by atoms with Crippen LogP contribution < -0.4 is 10.1 Å². The number of nitrogens with one attached hydrogen (secondary N) is 1. The van der Waals surface area contributed by atoms with Gasteiger partial charge in [-0.2, -0.15) is 0 Å². The molecular weight excluding hydrogens is 312 g/mol. The Labute approximate surface area is 119 Å². The van der Waals surface area contributed by atoms with Crippen LogP contribution in [-0.2, 0) is 6.42 Å². The van der Waals surface area contributed by atoms with E-state index in [1.54, 1.807) is 18.4 Å². The highest BCUT2D eigenvalue weighted by Crippen LogP contribution is 2.30. The molecule has 1 atom stereocenters. The molecule has 0 saturated carbocycles. The summed E-state index contributed by atoms with van der Waals surface area (Å²) >= 11 is 5.28. The highest BCUT2D eigenvalue weighted by Gasteiger charge is 2.15. The van der Waals surface area contributed by atoms with Crippen LogP contribution in [0.5, 0.6) is 5.75 Å². The number of halogens is 1. The van der Waals surface area contributed by atoms with E-state index in [1.807, 2.05) is 30.9 Å². The summed E-state index contributed by atoms with van der Waals surface area (Å²) in [5, 5.41) is 3.34. The smallest absolute Gasteiger partial charge is 0.119 e. The second-order valence-electron chi connectivity index (χ2n) is 3.90. The van der Waals surface area contributed by atoms with Crippen molar-refractivity contribution in [1.82, 2.24) is 10.3 Å². The summed E-state index contributed by atoms with van der Waals surface area (Å²) in [7, 11) is 3.65. The van der Waals surface area contributed by atoms with Crippen LogP contribution in [0.2, 0.25) is 0 Å². The van der Waals surface area contributed by atoms with Crippen molar-refractivity contribution in [2.24, 2.45) is 0 Å².